The van der Waals surface area contributed by atoms with E-state index in [2.05, 4.69) is 32.2 Å². The van der Waals surface area contributed by atoms with Crippen molar-refractivity contribution in [2.75, 3.05) is 26.2 Å². The molecule has 0 amide bonds. The normalized spacial score (nSPS) is 21.7. The number of hydrogen-bond donors (Lipinski definition) is 2. The molecule has 0 unspecified atom stereocenters. The Bertz CT molecular complexity index is 569. The molecule has 0 spiro atoms. The van der Waals surface area contributed by atoms with Crippen molar-refractivity contribution in [3.05, 3.63) is 27.7 Å². The molecule has 124 valence electrons. The number of hydrogen-bond acceptors (Lipinski definition) is 4. The number of piperazine rings is 1. The van der Waals surface area contributed by atoms with Crippen LogP contribution >= 0.6 is 15.9 Å². The van der Waals surface area contributed by atoms with Gasteiger partial charge in [-0.1, -0.05) is 19.3 Å². The van der Waals surface area contributed by atoms with Crippen LogP contribution in [0.4, 0.5) is 0 Å². The molecule has 0 bridgehead atoms. The van der Waals surface area contributed by atoms with Crippen LogP contribution in [-0.2, 0) is 0 Å². The largest absolute Gasteiger partial charge is 0.506 e. The summed E-state index contributed by atoms with van der Waals surface area (Å²) in [5.41, 5.74) is 1.53. The first-order chi connectivity index (χ1) is 11.2. The van der Waals surface area contributed by atoms with E-state index in [0.29, 0.717) is 21.7 Å². The van der Waals surface area contributed by atoms with Crippen LogP contribution in [0.25, 0.3) is 0 Å². The van der Waals surface area contributed by atoms with Gasteiger partial charge < -0.3 is 10.4 Å². The second kappa shape index (κ2) is 7.65. The van der Waals surface area contributed by atoms with E-state index < -0.39 is 0 Å². The van der Waals surface area contributed by atoms with Crippen LogP contribution in [0.3, 0.4) is 0 Å². The van der Waals surface area contributed by atoms with Gasteiger partial charge in [0.05, 0.1) is 16.1 Å². The van der Waals surface area contributed by atoms with Crippen LogP contribution < -0.4 is 5.32 Å². The van der Waals surface area contributed by atoms with Crippen molar-refractivity contribution in [2.24, 2.45) is 5.92 Å². The van der Waals surface area contributed by atoms with Crippen LogP contribution in [-0.4, -0.2) is 36.2 Å². The van der Waals surface area contributed by atoms with Crippen molar-refractivity contribution in [3.63, 3.8) is 0 Å². The minimum atomic E-state index is 0.210. The van der Waals surface area contributed by atoms with Crippen molar-refractivity contribution in [1.29, 1.82) is 5.26 Å². The molecule has 23 heavy (non-hydrogen) atoms. The van der Waals surface area contributed by atoms with Crippen LogP contribution in [0.2, 0.25) is 0 Å². The third-order valence-corrected chi connectivity index (χ3v) is 5.79. The maximum atomic E-state index is 10.7. The van der Waals surface area contributed by atoms with E-state index in [4.69, 9.17) is 0 Å². The number of nitrogens with zero attached hydrogens (tertiary/aromatic N) is 2. The van der Waals surface area contributed by atoms with E-state index in [1.165, 1.54) is 32.1 Å². The number of halogens is 1. The summed E-state index contributed by atoms with van der Waals surface area (Å²) >= 11 is 3.42. The molecule has 4 nitrogen and oxygen atoms in total. The lowest BCUT2D eigenvalue weighted by atomic mass is 9.79. The maximum absolute atomic E-state index is 10.7. The summed E-state index contributed by atoms with van der Waals surface area (Å²) in [4.78, 5) is 2.50. The Balaban J connectivity index is 2.00. The van der Waals surface area contributed by atoms with Gasteiger partial charge in [0.15, 0.2) is 0 Å². The molecule has 1 saturated carbocycles. The zero-order valence-electron chi connectivity index (χ0n) is 13.4. The first kappa shape index (κ1) is 16.8. The summed E-state index contributed by atoms with van der Waals surface area (Å²) in [7, 11) is 0. The van der Waals surface area contributed by atoms with Crippen LogP contribution in [0, 0.1) is 17.2 Å². The fourth-order valence-electron chi connectivity index (χ4n) is 4.07. The second-order valence-corrected chi connectivity index (χ2v) is 7.49. The van der Waals surface area contributed by atoms with Gasteiger partial charge in [0, 0.05) is 37.8 Å². The van der Waals surface area contributed by atoms with Gasteiger partial charge in [-0.25, -0.2) is 0 Å². The maximum Gasteiger partial charge on any atom is 0.134 e. The molecule has 2 N–H and O–H groups in total. The van der Waals surface area contributed by atoms with Gasteiger partial charge in [-0.05, 0) is 46.8 Å². The lowest BCUT2D eigenvalue weighted by molar-refractivity contribution is 0.101. The van der Waals surface area contributed by atoms with E-state index in [1.807, 2.05) is 6.07 Å². The average Bonchev–Trinajstić information content (AvgIpc) is 2.60. The molecule has 3 rings (SSSR count). The minimum Gasteiger partial charge on any atom is -0.506 e. The van der Waals surface area contributed by atoms with Crippen LogP contribution in [0.15, 0.2) is 16.6 Å². The fraction of sp³-hybridized carbons (Fsp3) is 0.611. The Kier molecular flexibility index (Phi) is 5.58. The quantitative estimate of drug-likeness (QED) is 0.845. The van der Waals surface area contributed by atoms with E-state index in [1.54, 1.807) is 6.07 Å². The molecule has 0 aromatic heterocycles. The molecule has 2 aliphatic rings. The second-order valence-electron chi connectivity index (χ2n) is 6.64. The molecule has 1 heterocycles. The van der Waals surface area contributed by atoms with Crippen LogP contribution in [0.1, 0.15) is 49.3 Å². The van der Waals surface area contributed by atoms with Crippen LogP contribution in [0.5, 0.6) is 5.75 Å². The summed E-state index contributed by atoms with van der Waals surface area (Å²) in [6.07, 6.45) is 6.28. The molecule has 1 aromatic rings. The zero-order valence-corrected chi connectivity index (χ0v) is 15.0. The molecule has 2 fully saturated rings. The van der Waals surface area contributed by atoms with E-state index in [9.17, 15) is 10.4 Å². The Hall–Kier alpha value is -1.09. The summed E-state index contributed by atoms with van der Waals surface area (Å²) in [5.74, 6) is 0.867. The van der Waals surface area contributed by atoms with Gasteiger partial charge in [-0.15, -0.1) is 0 Å². The molecular formula is C18H24BrN3O. The van der Waals surface area contributed by atoms with E-state index in [-0.39, 0.29) is 6.04 Å². The van der Waals surface area contributed by atoms with Gasteiger partial charge in [-0.3, -0.25) is 4.90 Å². The Morgan fingerprint density at radius 3 is 2.57 bits per heavy atom. The van der Waals surface area contributed by atoms with Gasteiger partial charge in [0.1, 0.15) is 5.75 Å². The van der Waals surface area contributed by atoms with Crippen molar-refractivity contribution >= 4 is 15.9 Å². The summed E-state index contributed by atoms with van der Waals surface area (Å²) in [6, 6.07) is 6.03. The highest BCUT2D eigenvalue weighted by Gasteiger charge is 2.33. The average molecular weight is 378 g/mol. The van der Waals surface area contributed by atoms with Gasteiger partial charge in [0.25, 0.3) is 0 Å². The molecule has 1 saturated heterocycles. The zero-order chi connectivity index (χ0) is 16.2. The number of nitrogens with one attached hydrogen (secondary N) is 1. The third-order valence-electron chi connectivity index (χ3n) is 5.18. The van der Waals surface area contributed by atoms with Crippen molar-refractivity contribution < 1.29 is 5.11 Å². The molecule has 0 radical (unpaired) electrons. The Labute approximate surface area is 146 Å². The van der Waals surface area contributed by atoms with Gasteiger partial charge in [0.2, 0.25) is 0 Å². The number of aromatic hydroxyl groups is 1. The standard InChI is InChI=1S/C18H24BrN3O/c19-16-11-13(12-20)10-15(18(16)23)17(14-4-2-1-3-5-14)22-8-6-21-7-9-22/h10-11,14,17,21,23H,1-9H2/t17-/m1/s1. The molecule has 1 aliphatic heterocycles. The summed E-state index contributed by atoms with van der Waals surface area (Å²) in [6.45, 7) is 3.97. The smallest absolute Gasteiger partial charge is 0.134 e. The third kappa shape index (κ3) is 3.71. The number of phenolic OH excluding ortho intramolecular Hbond substituents is 1. The number of benzene rings is 1. The highest BCUT2D eigenvalue weighted by Crippen LogP contribution is 2.44. The Morgan fingerprint density at radius 1 is 1.22 bits per heavy atom. The monoisotopic (exact) mass is 377 g/mol. The highest BCUT2D eigenvalue weighted by molar-refractivity contribution is 9.10. The number of nitriles is 1. The lowest BCUT2D eigenvalue weighted by Crippen LogP contribution is -2.47. The fourth-order valence-corrected chi connectivity index (χ4v) is 4.54. The molecule has 1 aliphatic carbocycles. The van der Waals surface area contributed by atoms with Gasteiger partial charge >= 0.3 is 0 Å². The SMILES string of the molecule is N#Cc1cc(Br)c(O)c([C@@H](C2CCCCC2)N2CCNCC2)c1. The minimum absolute atomic E-state index is 0.210. The molecule has 1 atom stereocenters. The summed E-state index contributed by atoms with van der Waals surface area (Å²) < 4.78 is 0.627. The first-order valence-corrected chi connectivity index (χ1v) is 9.37. The van der Waals surface area contributed by atoms with Gasteiger partial charge in [-0.2, -0.15) is 5.26 Å². The first-order valence-electron chi connectivity index (χ1n) is 8.58. The van der Waals surface area contributed by atoms with Crippen molar-refractivity contribution in [3.8, 4) is 11.8 Å². The van der Waals surface area contributed by atoms with Crippen molar-refractivity contribution in [2.45, 2.75) is 38.1 Å². The topological polar surface area (TPSA) is 59.3 Å². The van der Waals surface area contributed by atoms with E-state index >= 15 is 0 Å². The molecular weight excluding hydrogens is 354 g/mol. The van der Waals surface area contributed by atoms with Crippen molar-refractivity contribution in [1.82, 2.24) is 10.2 Å². The number of phenols is 1. The van der Waals surface area contributed by atoms with E-state index in [0.717, 1.165) is 31.7 Å². The lowest BCUT2D eigenvalue weighted by Gasteiger charge is -2.41. The number of rotatable bonds is 3. The highest BCUT2D eigenvalue weighted by atomic mass is 79.9. The molecule has 1 aromatic carbocycles. The predicted octanol–water partition coefficient (Wildman–Crippen LogP) is 3.55. The predicted molar refractivity (Wildman–Crippen MR) is 94.3 cm³/mol. The molecule has 5 heteroatoms. The Morgan fingerprint density at radius 2 is 1.91 bits per heavy atom. The summed E-state index contributed by atoms with van der Waals surface area (Å²) in [5, 5.41) is 23.4.